The van der Waals surface area contributed by atoms with E-state index in [1.807, 2.05) is 6.92 Å². The van der Waals surface area contributed by atoms with Gasteiger partial charge in [0.25, 0.3) is 0 Å². The molecule has 0 bridgehead atoms. The third-order valence-electron chi connectivity index (χ3n) is 3.42. The molecule has 2 rings (SSSR count). The first-order valence-corrected chi connectivity index (χ1v) is 7.70. The number of benzene rings is 1. The molecule has 0 aliphatic carbocycles. The minimum atomic E-state index is -0.392. The number of hydrogen-bond donors (Lipinski definition) is 0. The molecule has 1 aliphatic rings. The second kappa shape index (κ2) is 8.84. The summed E-state index contributed by atoms with van der Waals surface area (Å²) in [6, 6.07) is 4.79. The Balaban J connectivity index is 0.00000220. The molecule has 0 saturated carbocycles. The minimum absolute atomic E-state index is 0. The molecule has 1 aliphatic heterocycles. The number of halogens is 3. The molecule has 118 valence electrons. The fraction of sp³-hybridized carbons (Fsp3) is 0.533. The summed E-state index contributed by atoms with van der Waals surface area (Å²) < 4.78 is 5.45. The summed E-state index contributed by atoms with van der Waals surface area (Å²) in [6.07, 6.45) is 3.60. The fourth-order valence-electron chi connectivity index (χ4n) is 2.44. The first-order chi connectivity index (χ1) is 9.56. The van der Waals surface area contributed by atoms with Gasteiger partial charge in [0.05, 0.1) is 10.6 Å². The van der Waals surface area contributed by atoms with Crippen LogP contribution >= 0.6 is 23.2 Å². The van der Waals surface area contributed by atoms with Gasteiger partial charge in [-0.2, -0.15) is 0 Å². The summed E-state index contributed by atoms with van der Waals surface area (Å²) in [5, 5.41) is 0.834. The Kier molecular flexibility index (Phi) is 7.82. The number of piperidine rings is 1. The third kappa shape index (κ3) is 5.67. The number of rotatable bonds is 4. The van der Waals surface area contributed by atoms with Crippen LogP contribution in [0.4, 0.5) is 0 Å². The van der Waals surface area contributed by atoms with Gasteiger partial charge >= 0.3 is 7.40 Å². The molecule has 1 aromatic carbocycles. The van der Waals surface area contributed by atoms with Gasteiger partial charge in [0.2, 0.25) is 0 Å². The number of nitrogens with zero attached hydrogens (tertiary/aromatic N) is 1. The normalized spacial score (nSPS) is 16.9. The maximum Gasteiger partial charge on any atom is 1.00 e. The predicted molar refractivity (Wildman–Crippen MR) is 82.7 cm³/mol. The van der Waals surface area contributed by atoms with Gasteiger partial charge in [0.1, 0.15) is 6.10 Å². The minimum Gasteiger partial charge on any atom is -1.00 e. The summed E-state index contributed by atoms with van der Waals surface area (Å²) in [7, 11) is 0. The molecule has 0 amide bonds. The molecule has 0 spiro atoms. The maximum absolute atomic E-state index is 12.1. The average Bonchev–Trinajstić information content (AvgIpc) is 2.39. The molecule has 0 radical (unpaired) electrons. The van der Waals surface area contributed by atoms with Gasteiger partial charge in [-0.1, -0.05) is 29.6 Å². The van der Waals surface area contributed by atoms with Gasteiger partial charge in [-0.25, -0.2) is 4.79 Å². The second-order valence-electron chi connectivity index (χ2n) is 5.20. The van der Waals surface area contributed by atoms with Crippen LogP contribution in [0.5, 0.6) is 0 Å². The largest absolute Gasteiger partial charge is 1.00 e. The first kappa shape index (κ1) is 18.6. The summed E-state index contributed by atoms with van der Waals surface area (Å²) >= 11 is 11.8. The van der Waals surface area contributed by atoms with Crippen molar-refractivity contribution in [1.29, 1.82) is 0 Å². The van der Waals surface area contributed by atoms with Gasteiger partial charge in [-0.15, -0.1) is 0 Å². The highest BCUT2D eigenvalue weighted by Gasteiger charge is 2.18. The standard InChI is InChI=1S/C15H19Cl2NO2.ClH/c1-11(10-18-7-3-2-4-8-18)20-15(19)13-6-5-12(16)9-14(13)17;/h5-6,9,11H,2-4,7-8,10H2,1H3;1H. The monoisotopic (exact) mass is 351 g/mol. The number of esters is 1. The summed E-state index contributed by atoms with van der Waals surface area (Å²) in [5.74, 6) is -0.392. The average molecular weight is 353 g/mol. The third-order valence-corrected chi connectivity index (χ3v) is 3.97. The van der Waals surface area contributed by atoms with E-state index < -0.39 is 5.97 Å². The van der Waals surface area contributed by atoms with Crippen LogP contribution in [0, 0.1) is 0 Å². The van der Waals surface area contributed by atoms with Gasteiger partial charge in [-0.05, 0) is 51.1 Å². The molecular formula is C15H20Cl3NO2. The van der Waals surface area contributed by atoms with Crippen LogP contribution in [0.3, 0.4) is 0 Å². The van der Waals surface area contributed by atoms with Crippen LogP contribution in [0.2, 0.25) is 10.0 Å². The van der Waals surface area contributed by atoms with Crippen molar-refractivity contribution >= 4 is 29.2 Å². The van der Waals surface area contributed by atoms with Crippen molar-refractivity contribution in [2.45, 2.75) is 32.3 Å². The Hall–Kier alpha value is -0.480. The quantitative estimate of drug-likeness (QED) is 0.761. The van der Waals surface area contributed by atoms with E-state index in [9.17, 15) is 4.79 Å². The van der Waals surface area contributed by atoms with Crippen molar-refractivity contribution in [3.05, 3.63) is 33.8 Å². The molecule has 1 saturated heterocycles. The maximum atomic E-state index is 12.1. The molecule has 0 N–H and O–H groups in total. The second-order valence-corrected chi connectivity index (χ2v) is 6.04. The smallest absolute Gasteiger partial charge is 1.00 e. The molecule has 3 nitrogen and oxygen atoms in total. The van der Waals surface area contributed by atoms with E-state index in [0.29, 0.717) is 15.6 Å². The number of hydrogen-bond acceptors (Lipinski definition) is 3. The van der Waals surface area contributed by atoms with Crippen molar-refractivity contribution in [2.75, 3.05) is 19.6 Å². The Morgan fingerprint density at radius 3 is 2.62 bits per heavy atom. The topological polar surface area (TPSA) is 29.5 Å². The summed E-state index contributed by atoms with van der Waals surface area (Å²) in [5.41, 5.74) is 0.363. The molecule has 1 heterocycles. The Labute approximate surface area is 143 Å². The number of carbonyl (C=O) groups excluding carboxylic acids is 1. The molecule has 1 atom stereocenters. The van der Waals surface area contributed by atoms with E-state index in [1.54, 1.807) is 18.2 Å². The number of carbonyl (C=O) groups is 1. The van der Waals surface area contributed by atoms with E-state index in [-0.39, 0.29) is 19.9 Å². The van der Waals surface area contributed by atoms with Crippen molar-refractivity contribution in [1.82, 2.24) is 4.90 Å². The fourth-order valence-corrected chi connectivity index (χ4v) is 2.93. The van der Waals surface area contributed by atoms with E-state index in [1.165, 1.54) is 19.3 Å². The van der Waals surface area contributed by atoms with Crippen LogP contribution in [-0.2, 0) is 4.74 Å². The lowest BCUT2D eigenvalue weighted by atomic mass is 10.1. The van der Waals surface area contributed by atoms with Crippen LogP contribution in [-0.4, -0.2) is 36.6 Å². The van der Waals surface area contributed by atoms with Crippen molar-refractivity contribution in [3.8, 4) is 0 Å². The zero-order chi connectivity index (χ0) is 14.5. The van der Waals surface area contributed by atoms with Crippen molar-refractivity contribution in [2.24, 2.45) is 0 Å². The molecule has 1 aromatic rings. The van der Waals surface area contributed by atoms with Crippen molar-refractivity contribution < 1.29 is 23.4 Å². The van der Waals surface area contributed by atoms with Gasteiger partial charge in [0, 0.05) is 11.6 Å². The zero-order valence-electron chi connectivity index (χ0n) is 12.9. The first-order valence-electron chi connectivity index (χ1n) is 6.94. The lowest BCUT2D eigenvalue weighted by Gasteiger charge is -2.28. The summed E-state index contributed by atoms with van der Waals surface area (Å²) in [6.45, 7) is 4.86. The molecule has 1 unspecified atom stereocenters. The van der Waals surface area contributed by atoms with Crippen LogP contribution in [0.15, 0.2) is 18.2 Å². The lowest BCUT2D eigenvalue weighted by Crippen LogP contribution is -3.00. The predicted octanol–water partition coefficient (Wildman–Crippen LogP) is 1.14. The van der Waals surface area contributed by atoms with Crippen molar-refractivity contribution in [3.63, 3.8) is 0 Å². The number of ether oxygens (including phenoxy) is 1. The number of likely N-dealkylation sites (tertiary alicyclic amines) is 1. The molecule has 21 heavy (non-hydrogen) atoms. The van der Waals surface area contributed by atoms with Gasteiger partial charge < -0.3 is 17.1 Å². The van der Waals surface area contributed by atoms with Crippen LogP contribution in [0.25, 0.3) is 0 Å². The van der Waals surface area contributed by atoms with Gasteiger partial charge in [0.15, 0.2) is 0 Å². The van der Waals surface area contributed by atoms with E-state index >= 15 is 0 Å². The summed E-state index contributed by atoms with van der Waals surface area (Å²) in [4.78, 5) is 14.4. The highest BCUT2D eigenvalue weighted by Crippen LogP contribution is 2.22. The SMILES string of the molecule is CC(CN1CCCCC1)OC(=O)c1ccc(Cl)cc1Cl.[Cl-].[H+]. The Morgan fingerprint density at radius 1 is 1.33 bits per heavy atom. The van der Waals surface area contributed by atoms with Crippen LogP contribution < -0.4 is 12.4 Å². The van der Waals surface area contributed by atoms with E-state index in [0.717, 1.165) is 19.6 Å². The van der Waals surface area contributed by atoms with Crippen LogP contribution in [0.1, 0.15) is 38.0 Å². The Bertz CT molecular complexity index is 482. The van der Waals surface area contributed by atoms with E-state index in [4.69, 9.17) is 27.9 Å². The molecular weight excluding hydrogens is 333 g/mol. The molecule has 6 heteroatoms. The zero-order valence-corrected chi connectivity index (χ0v) is 14.2. The van der Waals surface area contributed by atoms with Gasteiger partial charge in [-0.3, -0.25) is 4.90 Å². The molecule has 1 fully saturated rings. The van der Waals surface area contributed by atoms with E-state index in [2.05, 4.69) is 4.90 Å². The Morgan fingerprint density at radius 2 is 2.00 bits per heavy atom. The highest BCUT2D eigenvalue weighted by atomic mass is 35.5. The molecule has 0 aromatic heterocycles. The highest BCUT2D eigenvalue weighted by molar-refractivity contribution is 6.36. The lowest BCUT2D eigenvalue weighted by molar-refractivity contribution is -0.0000439.